The third-order valence-corrected chi connectivity index (χ3v) is 5.56. The van der Waals surface area contributed by atoms with Crippen molar-refractivity contribution in [3.05, 3.63) is 70.3 Å². The van der Waals surface area contributed by atoms with Crippen molar-refractivity contribution in [1.29, 1.82) is 0 Å². The second kappa shape index (κ2) is 6.77. The number of nitrogens with zero attached hydrogens (tertiary/aromatic N) is 2. The van der Waals surface area contributed by atoms with Gasteiger partial charge in [0.05, 0.1) is 35.1 Å². The maximum Gasteiger partial charge on any atom is 0.259 e. The second-order valence-electron chi connectivity index (χ2n) is 7.21. The van der Waals surface area contributed by atoms with Crippen LogP contribution in [-0.2, 0) is 0 Å². The predicted molar refractivity (Wildman–Crippen MR) is 110 cm³/mol. The molecule has 7 heteroatoms. The van der Waals surface area contributed by atoms with Gasteiger partial charge in [0.15, 0.2) is 0 Å². The first kappa shape index (κ1) is 17.5. The van der Waals surface area contributed by atoms with E-state index >= 15 is 0 Å². The van der Waals surface area contributed by atoms with Crippen LogP contribution in [0.3, 0.4) is 0 Å². The maximum atomic E-state index is 13.3. The minimum Gasteiger partial charge on any atom is -0.495 e. The third-order valence-electron chi connectivity index (χ3n) is 5.56. The number of aromatic amines is 2. The Bertz CT molecular complexity index is 1260. The number of imidazole rings is 1. The Morgan fingerprint density at radius 1 is 1.21 bits per heavy atom. The molecule has 0 unspecified atom stereocenters. The van der Waals surface area contributed by atoms with E-state index in [9.17, 15) is 9.59 Å². The van der Waals surface area contributed by atoms with Gasteiger partial charge in [0.2, 0.25) is 5.43 Å². The number of amides is 1. The molecular formula is C22H20N4O3. The average Bonchev–Trinajstić information content (AvgIpc) is 3.40. The van der Waals surface area contributed by atoms with Gasteiger partial charge in [0.1, 0.15) is 17.1 Å². The normalized spacial score (nSPS) is 16.6. The van der Waals surface area contributed by atoms with Gasteiger partial charge in [0.25, 0.3) is 5.91 Å². The van der Waals surface area contributed by atoms with E-state index < -0.39 is 0 Å². The molecule has 4 aromatic rings. The van der Waals surface area contributed by atoms with Crippen LogP contribution in [0.1, 0.15) is 35.1 Å². The van der Waals surface area contributed by atoms with E-state index in [2.05, 4.69) is 15.0 Å². The fourth-order valence-corrected chi connectivity index (χ4v) is 4.13. The lowest BCUT2D eigenvalue weighted by atomic mass is 10.1. The Balaban J connectivity index is 1.54. The number of carbonyl (C=O) groups is 1. The number of nitrogens with one attached hydrogen (secondary N) is 2. The lowest BCUT2D eigenvalue weighted by Crippen LogP contribution is -2.34. The Morgan fingerprint density at radius 2 is 2.07 bits per heavy atom. The van der Waals surface area contributed by atoms with Gasteiger partial charge in [-0.05, 0) is 37.1 Å². The summed E-state index contributed by atoms with van der Waals surface area (Å²) in [5.74, 6) is 1.05. The molecule has 2 N–H and O–H groups in total. The number of pyridine rings is 1. The van der Waals surface area contributed by atoms with Crippen molar-refractivity contribution in [2.24, 2.45) is 0 Å². The number of hydrogen-bond donors (Lipinski definition) is 2. The molecule has 0 saturated carbocycles. The number of aromatic nitrogens is 3. The van der Waals surface area contributed by atoms with Gasteiger partial charge < -0.3 is 19.6 Å². The van der Waals surface area contributed by atoms with Gasteiger partial charge >= 0.3 is 0 Å². The number of methoxy groups -OCH3 is 1. The molecule has 2 aromatic heterocycles. The molecule has 146 valence electrons. The van der Waals surface area contributed by atoms with Gasteiger partial charge in [-0.1, -0.05) is 18.2 Å². The van der Waals surface area contributed by atoms with E-state index in [0.717, 1.165) is 29.7 Å². The molecule has 0 spiro atoms. The van der Waals surface area contributed by atoms with Crippen molar-refractivity contribution in [2.45, 2.75) is 18.9 Å². The van der Waals surface area contributed by atoms with Crippen molar-refractivity contribution < 1.29 is 9.53 Å². The Labute approximate surface area is 166 Å². The molecule has 1 saturated heterocycles. The number of hydrogen-bond acceptors (Lipinski definition) is 4. The van der Waals surface area contributed by atoms with Gasteiger partial charge in [-0.3, -0.25) is 9.59 Å². The van der Waals surface area contributed by atoms with Crippen LogP contribution in [0.25, 0.3) is 21.9 Å². The van der Waals surface area contributed by atoms with E-state index in [4.69, 9.17) is 4.74 Å². The number of H-pyrrole nitrogens is 2. The van der Waals surface area contributed by atoms with E-state index in [1.54, 1.807) is 30.2 Å². The van der Waals surface area contributed by atoms with Crippen LogP contribution in [0.5, 0.6) is 5.75 Å². The first-order valence-corrected chi connectivity index (χ1v) is 9.61. The summed E-state index contributed by atoms with van der Waals surface area (Å²) >= 11 is 0. The van der Waals surface area contributed by atoms with Crippen LogP contribution in [0.2, 0.25) is 0 Å². The molecule has 5 rings (SSSR count). The molecule has 1 aliphatic rings. The summed E-state index contributed by atoms with van der Waals surface area (Å²) in [5.41, 5.74) is 2.24. The maximum absolute atomic E-state index is 13.3. The molecule has 1 amide bonds. The number of carbonyl (C=O) groups excluding carboxylic acids is 1. The van der Waals surface area contributed by atoms with Crippen LogP contribution in [0.4, 0.5) is 0 Å². The number of rotatable bonds is 3. The average molecular weight is 388 g/mol. The molecular weight excluding hydrogens is 368 g/mol. The van der Waals surface area contributed by atoms with Gasteiger partial charge in [-0.25, -0.2) is 4.98 Å². The highest BCUT2D eigenvalue weighted by Gasteiger charge is 2.34. The third kappa shape index (κ3) is 2.77. The molecule has 3 heterocycles. The van der Waals surface area contributed by atoms with Crippen molar-refractivity contribution in [3.63, 3.8) is 0 Å². The zero-order valence-electron chi connectivity index (χ0n) is 15.9. The van der Waals surface area contributed by atoms with E-state index in [0.29, 0.717) is 23.2 Å². The fraction of sp³-hybridized carbons (Fsp3) is 0.227. The standard InChI is InChI=1S/C22H20N4O3/c1-29-18-10-4-6-13-19(18)23-12-14(20(13)27)22(28)26-11-5-9-17(26)21-24-15-7-2-3-8-16(15)25-21/h2-4,6-8,10,12,17H,5,9,11H2,1H3,(H,23,27)(H,24,25)/t17-/m1/s1. The van der Waals surface area contributed by atoms with Gasteiger partial charge in [-0.2, -0.15) is 0 Å². The Hall–Kier alpha value is -3.61. The highest BCUT2D eigenvalue weighted by Crippen LogP contribution is 2.32. The van der Waals surface area contributed by atoms with Crippen LogP contribution >= 0.6 is 0 Å². The first-order chi connectivity index (χ1) is 14.2. The number of ether oxygens (including phenoxy) is 1. The van der Waals surface area contributed by atoms with Crippen molar-refractivity contribution in [1.82, 2.24) is 19.9 Å². The van der Waals surface area contributed by atoms with Crippen molar-refractivity contribution in [3.8, 4) is 5.75 Å². The summed E-state index contributed by atoms with van der Waals surface area (Å²) in [6.45, 7) is 0.593. The molecule has 0 bridgehead atoms. The molecule has 7 nitrogen and oxygen atoms in total. The van der Waals surface area contributed by atoms with Crippen LogP contribution in [0, 0.1) is 0 Å². The number of likely N-dealkylation sites (tertiary alicyclic amines) is 1. The molecule has 2 aromatic carbocycles. The van der Waals surface area contributed by atoms with Gasteiger partial charge in [0, 0.05) is 12.7 Å². The fourth-order valence-electron chi connectivity index (χ4n) is 4.13. The largest absolute Gasteiger partial charge is 0.495 e. The molecule has 0 aliphatic carbocycles. The summed E-state index contributed by atoms with van der Waals surface area (Å²) in [7, 11) is 1.55. The van der Waals surface area contributed by atoms with E-state index in [-0.39, 0.29) is 22.9 Å². The highest BCUT2D eigenvalue weighted by atomic mass is 16.5. The van der Waals surface area contributed by atoms with Crippen molar-refractivity contribution >= 4 is 27.8 Å². The van der Waals surface area contributed by atoms with E-state index in [1.165, 1.54) is 6.20 Å². The van der Waals surface area contributed by atoms with Gasteiger partial charge in [-0.15, -0.1) is 0 Å². The van der Waals surface area contributed by atoms with Crippen LogP contribution < -0.4 is 10.2 Å². The molecule has 0 radical (unpaired) electrons. The SMILES string of the molecule is COc1cccc2c(=O)c(C(=O)N3CCC[C@@H]3c3nc4ccccc4[nH]3)c[nH]c12. The monoisotopic (exact) mass is 388 g/mol. The second-order valence-corrected chi connectivity index (χ2v) is 7.21. The Morgan fingerprint density at radius 3 is 2.90 bits per heavy atom. The predicted octanol–water partition coefficient (Wildman–Crippen LogP) is 3.39. The minimum absolute atomic E-state index is 0.133. The smallest absolute Gasteiger partial charge is 0.259 e. The molecule has 1 atom stereocenters. The van der Waals surface area contributed by atoms with Crippen LogP contribution in [-0.4, -0.2) is 39.4 Å². The van der Waals surface area contributed by atoms with E-state index in [1.807, 2.05) is 24.3 Å². The first-order valence-electron chi connectivity index (χ1n) is 9.61. The number of benzene rings is 2. The zero-order chi connectivity index (χ0) is 20.0. The highest BCUT2D eigenvalue weighted by molar-refractivity contribution is 5.98. The lowest BCUT2D eigenvalue weighted by Gasteiger charge is -2.23. The Kier molecular flexibility index (Phi) is 4.08. The summed E-state index contributed by atoms with van der Waals surface area (Å²) < 4.78 is 5.31. The quantitative estimate of drug-likeness (QED) is 0.563. The number of fused-ring (bicyclic) bond motifs is 2. The lowest BCUT2D eigenvalue weighted by molar-refractivity contribution is 0.0729. The summed E-state index contributed by atoms with van der Waals surface area (Å²) in [6, 6.07) is 12.9. The molecule has 29 heavy (non-hydrogen) atoms. The molecule has 1 aliphatic heterocycles. The minimum atomic E-state index is -0.294. The summed E-state index contributed by atoms with van der Waals surface area (Å²) in [6.07, 6.45) is 3.17. The molecule has 1 fully saturated rings. The van der Waals surface area contributed by atoms with Crippen molar-refractivity contribution in [2.75, 3.05) is 13.7 Å². The zero-order valence-corrected chi connectivity index (χ0v) is 15.9. The number of para-hydroxylation sites is 3. The summed E-state index contributed by atoms with van der Waals surface area (Å²) in [4.78, 5) is 39.1. The van der Waals surface area contributed by atoms with Crippen LogP contribution in [0.15, 0.2) is 53.5 Å². The topological polar surface area (TPSA) is 91.1 Å². The summed E-state index contributed by atoms with van der Waals surface area (Å²) in [5, 5.41) is 0.440.